The van der Waals surface area contributed by atoms with E-state index in [-0.39, 0.29) is 5.54 Å². The van der Waals surface area contributed by atoms with Crippen LogP contribution < -0.4 is 0 Å². The summed E-state index contributed by atoms with van der Waals surface area (Å²) < 4.78 is 5.47. The summed E-state index contributed by atoms with van der Waals surface area (Å²) in [6, 6.07) is 0. The summed E-state index contributed by atoms with van der Waals surface area (Å²) in [7, 11) is 2.02. The maximum atomic E-state index is 5.47. The van der Waals surface area contributed by atoms with Gasteiger partial charge in [-0.25, -0.2) is 0 Å². The smallest absolute Gasteiger partial charge is 0.182 e. The molecule has 2 heteroatoms. The van der Waals surface area contributed by atoms with Crippen molar-refractivity contribution < 1.29 is 4.74 Å². The van der Waals surface area contributed by atoms with Crippen molar-refractivity contribution in [2.75, 3.05) is 7.05 Å². The average Bonchev–Trinajstić information content (AvgIpc) is 1.81. The monoisotopic (exact) mass is 155 g/mol. The molecule has 0 bridgehead atoms. The molecule has 0 aromatic rings. The van der Waals surface area contributed by atoms with E-state index in [1.807, 2.05) is 7.05 Å². The summed E-state index contributed by atoms with van der Waals surface area (Å²) in [5, 5.41) is 0. The topological polar surface area (TPSA) is 12.5 Å². The van der Waals surface area contributed by atoms with Crippen LogP contribution in [0.25, 0.3) is 0 Å². The second-order valence-electron chi connectivity index (χ2n) is 3.90. The number of hydrogen-bond donors (Lipinski definition) is 0. The van der Waals surface area contributed by atoms with E-state index in [2.05, 4.69) is 32.3 Å². The van der Waals surface area contributed by atoms with Gasteiger partial charge in [0.25, 0.3) is 0 Å². The Bertz CT molecular complexity index is 174. The van der Waals surface area contributed by atoms with Crippen molar-refractivity contribution in [3.05, 3.63) is 12.5 Å². The highest BCUT2D eigenvalue weighted by molar-refractivity contribution is 4.97. The van der Waals surface area contributed by atoms with E-state index >= 15 is 0 Å². The Hall–Kier alpha value is -0.660. The minimum absolute atomic E-state index is 0.189. The van der Waals surface area contributed by atoms with Gasteiger partial charge >= 0.3 is 0 Å². The van der Waals surface area contributed by atoms with E-state index in [4.69, 9.17) is 4.74 Å². The average molecular weight is 155 g/mol. The van der Waals surface area contributed by atoms with Crippen LogP contribution >= 0.6 is 0 Å². The lowest BCUT2D eigenvalue weighted by molar-refractivity contribution is -0.0434. The van der Waals surface area contributed by atoms with Crippen molar-refractivity contribution in [2.45, 2.75) is 38.8 Å². The Morgan fingerprint density at radius 3 is 2.64 bits per heavy atom. The Morgan fingerprint density at radius 1 is 1.64 bits per heavy atom. The molecule has 0 saturated carbocycles. The van der Waals surface area contributed by atoms with Crippen LogP contribution in [0.5, 0.6) is 0 Å². The molecule has 0 aromatic carbocycles. The summed E-state index contributed by atoms with van der Waals surface area (Å²) in [6.07, 6.45) is 1.36. The van der Waals surface area contributed by atoms with Gasteiger partial charge in [-0.15, -0.1) is 0 Å². The fourth-order valence-corrected chi connectivity index (χ4v) is 1.53. The molecule has 1 aliphatic heterocycles. The van der Waals surface area contributed by atoms with Gasteiger partial charge in [0, 0.05) is 19.0 Å². The molecular formula is C9H17NO. The van der Waals surface area contributed by atoms with E-state index in [0.29, 0.717) is 6.10 Å². The zero-order valence-corrected chi connectivity index (χ0v) is 7.85. The fourth-order valence-electron chi connectivity index (χ4n) is 1.53. The van der Waals surface area contributed by atoms with Gasteiger partial charge in [0.2, 0.25) is 0 Å². The molecule has 1 rings (SSSR count). The van der Waals surface area contributed by atoms with Gasteiger partial charge in [0.1, 0.15) is 0 Å². The largest absolute Gasteiger partial charge is 0.476 e. The van der Waals surface area contributed by atoms with Crippen molar-refractivity contribution in [2.24, 2.45) is 0 Å². The summed E-state index contributed by atoms with van der Waals surface area (Å²) in [5.41, 5.74) is 0.189. The van der Waals surface area contributed by atoms with E-state index in [1.165, 1.54) is 0 Å². The lowest BCUT2D eigenvalue weighted by Gasteiger charge is -2.44. The van der Waals surface area contributed by atoms with Gasteiger partial charge in [0.05, 0.1) is 6.10 Å². The zero-order chi connectivity index (χ0) is 8.65. The van der Waals surface area contributed by atoms with Crippen LogP contribution in [0.2, 0.25) is 0 Å². The molecular weight excluding hydrogens is 138 g/mol. The quantitative estimate of drug-likeness (QED) is 0.530. The number of hydrogen-bond acceptors (Lipinski definition) is 2. The maximum Gasteiger partial charge on any atom is 0.182 e. The molecule has 2 nitrogen and oxygen atoms in total. The highest BCUT2D eigenvalue weighted by atomic mass is 16.5. The van der Waals surface area contributed by atoms with Gasteiger partial charge in [-0.05, 0) is 27.4 Å². The summed E-state index contributed by atoms with van der Waals surface area (Å²) in [4.78, 5) is 2.09. The molecule has 1 atom stereocenters. The van der Waals surface area contributed by atoms with Crippen LogP contribution in [0.3, 0.4) is 0 Å². The molecule has 1 aliphatic rings. The second-order valence-corrected chi connectivity index (χ2v) is 3.90. The van der Waals surface area contributed by atoms with Crippen molar-refractivity contribution in [1.82, 2.24) is 4.90 Å². The van der Waals surface area contributed by atoms with Gasteiger partial charge in [-0.1, -0.05) is 0 Å². The lowest BCUT2D eigenvalue weighted by Crippen LogP contribution is -2.47. The number of ether oxygens (including phenoxy) is 1. The van der Waals surface area contributed by atoms with E-state index < -0.39 is 0 Å². The standard InChI is InChI=1S/C9H17NO/c1-7-6-9(3,4)10(5)8(2)11-7/h7H,2,6H2,1,3-5H3. The van der Waals surface area contributed by atoms with E-state index in [0.717, 1.165) is 12.3 Å². The van der Waals surface area contributed by atoms with Crippen molar-refractivity contribution in [3.8, 4) is 0 Å². The van der Waals surface area contributed by atoms with Crippen molar-refractivity contribution in [1.29, 1.82) is 0 Å². The molecule has 0 amide bonds. The van der Waals surface area contributed by atoms with Gasteiger partial charge in [-0.3, -0.25) is 0 Å². The van der Waals surface area contributed by atoms with Crippen molar-refractivity contribution in [3.63, 3.8) is 0 Å². The molecule has 11 heavy (non-hydrogen) atoms. The minimum atomic E-state index is 0.189. The zero-order valence-electron chi connectivity index (χ0n) is 7.85. The first-order valence-corrected chi connectivity index (χ1v) is 4.03. The van der Waals surface area contributed by atoms with Crippen LogP contribution in [-0.2, 0) is 4.74 Å². The maximum absolute atomic E-state index is 5.47. The van der Waals surface area contributed by atoms with Crippen LogP contribution in [0.4, 0.5) is 0 Å². The predicted octanol–water partition coefficient (Wildman–Crippen LogP) is 1.98. The normalized spacial score (nSPS) is 30.0. The molecule has 64 valence electrons. The Morgan fingerprint density at radius 2 is 2.18 bits per heavy atom. The minimum Gasteiger partial charge on any atom is -0.476 e. The predicted molar refractivity (Wildman–Crippen MR) is 46.1 cm³/mol. The third-order valence-corrected chi connectivity index (χ3v) is 2.41. The third-order valence-electron chi connectivity index (χ3n) is 2.41. The lowest BCUT2D eigenvalue weighted by atomic mass is 9.94. The number of nitrogens with zero attached hydrogens (tertiary/aromatic N) is 1. The van der Waals surface area contributed by atoms with Crippen LogP contribution in [-0.4, -0.2) is 23.6 Å². The first-order valence-electron chi connectivity index (χ1n) is 4.03. The SMILES string of the molecule is C=C1OC(C)CC(C)(C)N1C. The highest BCUT2D eigenvalue weighted by Gasteiger charge is 2.33. The molecule has 0 spiro atoms. The van der Waals surface area contributed by atoms with E-state index in [1.54, 1.807) is 0 Å². The Labute approximate surface area is 68.8 Å². The molecule has 0 radical (unpaired) electrons. The first kappa shape index (κ1) is 8.44. The highest BCUT2D eigenvalue weighted by Crippen LogP contribution is 2.30. The van der Waals surface area contributed by atoms with Crippen LogP contribution in [0, 0.1) is 0 Å². The first-order chi connectivity index (χ1) is 4.93. The number of rotatable bonds is 0. The molecule has 0 N–H and O–H groups in total. The summed E-state index contributed by atoms with van der Waals surface area (Å²) in [6.45, 7) is 10.3. The molecule has 1 fully saturated rings. The van der Waals surface area contributed by atoms with Crippen LogP contribution in [0.1, 0.15) is 27.2 Å². The summed E-state index contributed by atoms with van der Waals surface area (Å²) >= 11 is 0. The fraction of sp³-hybridized carbons (Fsp3) is 0.778. The van der Waals surface area contributed by atoms with E-state index in [9.17, 15) is 0 Å². The van der Waals surface area contributed by atoms with Gasteiger partial charge < -0.3 is 9.64 Å². The Balaban J connectivity index is 2.75. The Kier molecular flexibility index (Phi) is 1.87. The second kappa shape index (κ2) is 2.43. The van der Waals surface area contributed by atoms with Crippen molar-refractivity contribution >= 4 is 0 Å². The molecule has 1 saturated heterocycles. The summed E-state index contributed by atoms with van der Waals surface area (Å²) in [5.74, 6) is 0.786. The molecule has 1 heterocycles. The molecule has 0 aliphatic carbocycles. The van der Waals surface area contributed by atoms with Gasteiger partial charge in [0.15, 0.2) is 5.88 Å². The molecule has 1 unspecified atom stereocenters. The van der Waals surface area contributed by atoms with Gasteiger partial charge in [-0.2, -0.15) is 0 Å². The third kappa shape index (κ3) is 1.50. The van der Waals surface area contributed by atoms with Crippen LogP contribution in [0.15, 0.2) is 12.5 Å². The molecule has 0 aromatic heterocycles.